The Balaban J connectivity index is 4.47. The van der Waals surface area contributed by atoms with Crippen LogP contribution in [0, 0.1) is 0 Å². The first-order valence-corrected chi connectivity index (χ1v) is 26.2. The molecule has 0 radical (unpaired) electrons. The summed E-state index contributed by atoms with van der Waals surface area (Å²) in [6.45, 7) is 6.46. The van der Waals surface area contributed by atoms with Crippen molar-refractivity contribution in [1.29, 1.82) is 0 Å². The van der Waals surface area contributed by atoms with Gasteiger partial charge in [0.15, 0.2) is 6.10 Å². The van der Waals surface area contributed by atoms with E-state index < -0.39 is 6.10 Å². The van der Waals surface area contributed by atoms with Crippen LogP contribution in [0.3, 0.4) is 0 Å². The summed E-state index contributed by atoms with van der Waals surface area (Å²) in [6.07, 6.45) is 65.6. The predicted octanol–water partition coefficient (Wildman–Crippen LogP) is 17.2. The third kappa shape index (κ3) is 49.5. The van der Waals surface area contributed by atoms with Gasteiger partial charge in [-0.15, -0.1) is 0 Å². The average molecular weight is 877 g/mol. The van der Waals surface area contributed by atoms with Crippen molar-refractivity contribution in [2.24, 2.45) is 0 Å². The Bertz CT molecular complexity index is 1240. The molecule has 360 valence electrons. The molecule has 0 bridgehead atoms. The van der Waals surface area contributed by atoms with E-state index in [4.69, 9.17) is 14.2 Å². The molecule has 6 nitrogen and oxygen atoms in total. The first kappa shape index (κ1) is 59.6. The van der Waals surface area contributed by atoms with Crippen LogP contribution in [-0.2, 0) is 28.6 Å². The smallest absolute Gasteiger partial charge is 0.306 e. The van der Waals surface area contributed by atoms with Crippen molar-refractivity contribution in [3.63, 3.8) is 0 Å². The van der Waals surface area contributed by atoms with E-state index in [0.29, 0.717) is 19.3 Å². The van der Waals surface area contributed by atoms with Crippen LogP contribution in [0.5, 0.6) is 0 Å². The lowest BCUT2D eigenvalue weighted by molar-refractivity contribution is -0.167. The number of allylic oxidation sites excluding steroid dienone is 14. The number of carbonyl (C=O) groups is 3. The van der Waals surface area contributed by atoms with Gasteiger partial charge in [0.2, 0.25) is 0 Å². The highest BCUT2D eigenvalue weighted by atomic mass is 16.6. The number of rotatable bonds is 46. The normalized spacial score (nSPS) is 12.7. The second kappa shape index (κ2) is 51.2. The fourth-order valence-corrected chi connectivity index (χ4v) is 7.19. The summed E-state index contributed by atoms with van der Waals surface area (Å²) in [6, 6.07) is 0. The van der Waals surface area contributed by atoms with Gasteiger partial charge in [0.25, 0.3) is 0 Å². The maximum Gasteiger partial charge on any atom is 0.306 e. The molecule has 1 atom stereocenters. The summed E-state index contributed by atoms with van der Waals surface area (Å²) in [4.78, 5) is 38.0. The molecule has 0 aliphatic heterocycles. The van der Waals surface area contributed by atoms with Crippen molar-refractivity contribution in [2.45, 2.75) is 245 Å². The van der Waals surface area contributed by atoms with Gasteiger partial charge in [0, 0.05) is 19.3 Å². The van der Waals surface area contributed by atoms with Crippen molar-refractivity contribution in [2.75, 3.05) is 13.2 Å². The van der Waals surface area contributed by atoms with E-state index >= 15 is 0 Å². The summed E-state index contributed by atoms with van der Waals surface area (Å²) >= 11 is 0. The number of hydrogen-bond acceptors (Lipinski definition) is 6. The van der Waals surface area contributed by atoms with Crippen LogP contribution in [0.4, 0.5) is 0 Å². The molecule has 0 rings (SSSR count). The van der Waals surface area contributed by atoms with Crippen molar-refractivity contribution >= 4 is 17.9 Å². The molecule has 1 unspecified atom stereocenters. The van der Waals surface area contributed by atoms with Crippen LogP contribution in [0.15, 0.2) is 85.1 Å². The van der Waals surface area contributed by atoms with E-state index in [1.165, 1.54) is 128 Å². The highest BCUT2D eigenvalue weighted by Gasteiger charge is 2.19. The lowest BCUT2D eigenvalue weighted by Gasteiger charge is -2.18. The van der Waals surface area contributed by atoms with E-state index in [2.05, 4.69) is 32.9 Å². The number of hydrogen-bond donors (Lipinski definition) is 0. The molecule has 0 aromatic heterocycles. The summed E-state index contributed by atoms with van der Waals surface area (Å²) < 4.78 is 16.8. The molecule has 0 saturated carbocycles. The Hall–Kier alpha value is -3.41. The minimum Gasteiger partial charge on any atom is -0.462 e. The maximum atomic E-state index is 12.8. The van der Waals surface area contributed by atoms with Crippen LogP contribution >= 0.6 is 0 Å². The predicted molar refractivity (Wildman–Crippen MR) is 270 cm³/mol. The van der Waals surface area contributed by atoms with Gasteiger partial charge < -0.3 is 14.2 Å². The van der Waals surface area contributed by atoms with Gasteiger partial charge in [-0.05, 0) is 38.5 Å². The Morgan fingerprint density at radius 3 is 0.968 bits per heavy atom. The average Bonchev–Trinajstić information content (AvgIpc) is 3.28. The van der Waals surface area contributed by atoms with Gasteiger partial charge in [0.05, 0.1) is 0 Å². The van der Waals surface area contributed by atoms with Crippen LogP contribution in [0.2, 0.25) is 0 Å². The summed E-state index contributed by atoms with van der Waals surface area (Å²) in [5.41, 5.74) is 0. The van der Waals surface area contributed by atoms with Crippen molar-refractivity contribution in [1.82, 2.24) is 0 Å². The largest absolute Gasteiger partial charge is 0.462 e. The highest BCUT2D eigenvalue weighted by Crippen LogP contribution is 2.15. The first-order chi connectivity index (χ1) is 31.0. The molecular formula is C57H96O6. The third-order valence-corrected chi connectivity index (χ3v) is 11.1. The summed E-state index contributed by atoms with van der Waals surface area (Å²) in [5.74, 6) is -0.931. The topological polar surface area (TPSA) is 78.9 Å². The van der Waals surface area contributed by atoms with Gasteiger partial charge in [-0.3, -0.25) is 14.4 Å². The molecule has 0 N–H and O–H groups in total. The Morgan fingerprint density at radius 2 is 0.619 bits per heavy atom. The minimum atomic E-state index is -0.791. The molecule has 0 aliphatic carbocycles. The molecule has 0 spiro atoms. The third-order valence-electron chi connectivity index (χ3n) is 11.1. The van der Waals surface area contributed by atoms with E-state index in [1.54, 1.807) is 0 Å². The Labute approximate surface area is 388 Å². The van der Waals surface area contributed by atoms with Gasteiger partial charge in [-0.25, -0.2) is 0 Å². The molecule has 0 aromatic carbocycles. The number of unbranched alkanes of at least 4 members (excludes halogenated alkanes) is 27. The van der Waals surface area contributed by atoms with Crippen molar-refractivity contribution in [3.05, 3.63) is 85.1 Å². The quantitative estimate of drug-likeness (QED) is 0.0262. The molecule has 0 saturated heterocycles. The van der Waals surface area contributed by atoms with Crippen molar-refractivity contribution in [3.8, 4) is 0 Å². The molecule has 63 heavy (non-hydrogen) atoms. The summed E-state index contributed by atoms with van der Waals surface area (Å²) in [5, 5.41) is 0. The standard InChI is InChI=1S/C57H96O6/c1-4-7-10-13-16-19-22-25-26-27-28-29-30-33-35-38-41-44-47-50-56(59)62-53-54(63-57(60)51-48-45-42-39-36-32-24-21-18-15-12-9-6-3)52-61-55(58)49-46-43-40-37-34-31-23-20-17-14-11-8-5-2/h7,10,13,16,19,22,25-30,33,35,54H,4-6,8-9,11-12,14-15,17-18,20-21,23-24,31-32,34,36-53H2,1-3H3/b10-7-,16-13-,22-19-,26-25-,28-27+,30-29-,35-33-. The molecule has 0 amide bonds. The van der Waals surface area contributed by atoms with Crippen LogP contribution < -0.4 is 0 Å². The lowest BCUT2D eigenvalue weighted by atomic mass is 10.0. The lowest BCUT2D eigenvalue weighted by Crippen LogP contribution is -2.30. The van der Waals surface area contributed by atoms with Gasteiger partial charge in [0.1, 0.15) is 13.2 Å². The van der Waals surface area contributed by atoms with Crippen molar-refractivity contribution < 1.29 is 28.6 Å². The fraction of sp³-hybridized carbons (Fsp3) is 0.702. The van der Waals surface area contributed by atoms with E-state index in [9.17, 15) is 14.4 Å². The molecule has 6 heteroatoms. The first-order valence-electron chi connectivity index (χ1n) is 26.2. The van der Waals surface area contributed by atoms with Crippen LogP contribution in [0.1, 0.15) is 239 Å². The molecular weight excluding hydrogens is 781 g/mol. The fourth-order valence-electron chi connectivity index (χ4n) is 7.19. The van der Waals surface area contributed by atoms with Crippen LogP contribution in [0.25, 0.3) is 0 Å². The zero-order valence-corrected chi connectivity index (χ0v) is 41.1. The number of carbonyl (C=O) groups excluding carboxylic acids is 3. The zero-order valence-electron chi connectivity index (χ0n) is 41.1. The number of ether oxygens (including phenoxy) is 3. The molecule has 0 fully saturated rings. The Kier molecular flexibility index (Phi) is 48.5. The maximum absolute atomic E-state index is 12.8. The second-order valence-corrected chi connectivity index (χ2v) is 17.3. The van der Waals surface area contributed by atoms with E-state index in [1.807, 2.05) is 72.9 Å². The molecule has 0 aromatic rings. The van der Waals surface area contributed by atoms with Gasteiger partial charge in [-0.1, -0.05) is 266 Å². The SMILES string of the molecule is CC\C=C/C=C\C=C/C=C\C=C\C=C/C=C\CCCCCC(=O)OCC(COC(=O)CCCCCCCCCCCCCCC)OC(=O)CCCCCCCCCCCCCCC. The van der Waals surface area contributed by atoms with E-state index in [0.717, 1.165) is 70.6 Å². The van der Waals surface area contributed by atoms with E-state index in [-0.39, 0.29) is 31.1 Å². The minimum absolute atomic E-state index is 0.0885. The number of esters is 3. The Morgan fingerprint density at radius 1 is 0.333 bits per heavy atom. The second-order valence-electron chi connectivity index (χ2n) is 17.3. The zero-order chi connectivity index (χ0) is 45.8. The monoisotopic (exact) mass is 877 g/mol. The highest BCUT2D eigenvalue weighted by molar-refractivity contribution is 5.71. The molecule has 0 heterocycles. The molecule has 0 aliphatic rings. The van der Waals surface area contributed by atoms with Gasteiger partial charge in [-0.2, -0.15) is 0 Å². The van der Waals surface area contributed by atoms with Crippen LogP contribution in [-0.4, -0.2) is 37.2 Å². The van der Waals surface area contributed by atoms with Gasteiger partial charge >= 0.3 is 17.9 Å². The summed E-state index contributed by atoms with van der Waals surface area (Å²) in [7, 11) is 0.